The van der Waals surface area contributed by atoms with Crippen LogP contribution in [0, 0.1) is 5.92 Å². The van der Waals surface area contributed by atoms with E-state index in [4.69, 9.17) is 0 Å². The van der Waals surface area contributed by atoms with Gasteiger partial charge in [-0.3, -0.25) is 4.79 Å². The first-order valence-electron chi connectivity index (χ1n) is 5.47. The predicted molar refractivity (Wildman–Crippen MR) is 64.7 cm³/mol. The molecule has 0 spiro atoms. The Morgan fingerprint density at radius 1 is 1.22 bits per heavy atom. The summed E-state index contributed by atoms with van der Waals surface area (Å²) in [6.07, 6.45) is -1.74. The summed E-state index contributed by atoms with van der Waals surface area (Å²) < 4.78 is 38.0. The van der Waals surface area contributed by atoms with Gasteiger partial charge in [0.05, 0.1) is 5.56 Å². The molecule has 0 N–H and O–H groups in total. The van der Waals surface area contributed by atoms with Gasteiger partial charge in [0.25, 0.3) is 0 Å². The van der Waals surface area contributed by atoms with Gasteiger partial charge >= 0.3 is 6.18 Å². The van der Waals surface area contributed by atoms with Crippen molar-refractivity contribution in [3.63, 3.8) is 0 Å². The highest BCUT2D eigenvalue weighted by molar-refractivity contribution is 5.94. The van der Waals surface area contributed by atoms with Crippen LogP contribution in [0.4, 0.5) is 13.2 Å². The Morgan fingerprint density at radius 2 is 1.83 bits per heavy atom. The number of carbonyl (C=O) groups excluding carboxylic acids is 1. The van der Waals surface area contributed by atoms with E-state index in [1.807, 2.05) is 0 Å². The van der Waals surface area contributed by atoms with Crippen molar-refractivity contribution < 1.29 is 18.0 Å². The van der Waals surface area contributed by atoms with Gasteiger partial charge in [0.2, 0.25) is 0 Å². The minimum absolute atomic E-state index is 0.00658. The van der Waals surface area contributed by atoms with Gasteiger partial charge in [0.15, 0.2) is 5.78 Å². The lowest BCUT2D eigenvalue weighted by Crippen LogP contribution is -2.07. The molecular formula is C14H14F3O. The van der Waals surface area contributed by atoms with Crippen molar-refractivity contribution in [2.75, 3.05) is 0 Å². The first-order valence-corrected chi connectivity index (χ1v) is 5.47. The Morgan fingerprint density at radius 3 is 2.39 bits per heavy atom. The van der Waals surface area contributed by atoms with Crippen molar-refractivity contribution >= 4 is 11.9 Å². The van der Waals surface area contributed by atoms with Crippen LogP contribution < -0.4 is 0 Å². The van der Waals surface area contributed by atoms with Gasteiger partial charge in [-0.15, -0.1) is 0 Å². The summed E-state index contributed by atoms with van der Waals surface area (Å²) in [4.78, 5) is 11.4. The highest BCUT2D eigenvalue weighted by Gasteiger charge is 2.32. The minimum Gasteiger partial charge on any atom is -0.295 e. The van der Waals surface area contributed by atoms with Crippen molar-refractivity contribution in [1.82, 2.24) is 0 Å². The number of alkyl halides is 3. The molecule has 0 saturated carbocycles. The molecule has 0 atom stereocenters. The lowest BCUT2D eigenvalue weighted by atomic mass is 10.0. The van der Waals surface area contributed by atoms with E-state index in [-0.39, 0.29) is 17.8 Å². The minimum atomic E-state index is -4.41. The summed E-state index contributed by atoms with van der Waals surface area (Å²) in [5.74, 6) is 0.723. The highest BCUT2D eigenvalue weighted by atomic mass is 19.4. The number of hydrogen-bond acceptors (Lipinski definition) is 1. The maximum atomic E-state index is 12.7. The third-order valence-corrected chi connectivity index (χ3v) is 2.24. The van der Waals surface area contributed by atoms with Crippen LogP contribution in [-0.2, 0) is 11.0 Å². The second kappa shape index (κ2) is 5.85. The molecule has 18 heavy (non-hydrogen) atoms. The zero-order valence-corrected chi connectivity index (χ0v) is 10.2. The van der Waals surface area contributed by atoms with Gasteiger partial charge in [-0.05, 0) is 23.6 Å². The predicted octanol–water partition coefficient (Wildman–Crippen LogP) is 4.29. The molecule has 0 bridgehead atoms. The summed E-state index contributed by atoms with van der Waals surface area (Å²) in [6, 6.07) is 5.18. The molecule has 0 fully saturated rings. The summed E-state index contributed by atoms with van der Waals surface area (Å²) in [5, 5.41) is 0. The molecule has 0 aliphatic heterocycles. The lowest BCUT2D eigenvalue weighted by molar-refractivity contribution is -0.137. The molecule has 1 nitrogen and oxygen atoms in total. The first kappa shape index (κ1) is 14.5. The number of rotatable bonds is 4. The van der Waals surface area contributed by atoms with Gasteiger partial charge in [0, 0.05) is 6.42 Å². The molecule has 0 amide bonds. The lowest BCUT2D eigenvalue weighted by Gasteiger charge is -2.09. The van der Waals surface area contributed by atoms with E-state index in [1.54, 1.807) is 13.8 Å². The maximum absolute atomic E-state index is 12.7. The fourth-order valence-electron chi connectivity index (χ4n) is 1.49. The van der Waals surface area contributed by atoms with Gasteiger partial charge < -0.3 is 0 Å². The highest BCUT2D eigenvalue weighted by Crippen LogP contribution is 2.32. The average Bonchev–Trinajstić information content (AvgIpc) is 2.24. The van der Waals surface area contributed by atoms with Crippen LogP contribution in [0.25, 0.3) is 6.08 Å². The molecule has 1 rings (SSSR count). The van der Waals surface area contributed by atoms with E-state index in [9.17, 15) is 18.0 Å². The van der Waals surface area contributed by atoms with Crippen molar-refractivity contribution in [3.8, 4) is 0 Å². The van der Waals surface area contributed by atoms with E-state index < -0.39 is 11.7 Å². The number of carbonyl (C=O) groups is 1. The van der Waals surface area contributed by atoms with Crippen LogP contribution in [0.15, 0.2) is 30.3 Å². The molecule has 1 radical (unpaired) electrons. The second-order valence-electron chi connectivity index (χ2n) is 4.27. The molecule has 1 aromatic rings. The molecule has 0 unspecified atom stereocenters. The SMILES string of the molecule is C[C](C)CC(=O)/C=C/c1ccccc1C(F)(F)F. The molecule has 0 aliphatic carbocycles. The second-order valence-corrected chi connectivity index (χ2v) is 4.27. The number of ketones is 1. The molecule has 1 aromatic carbocycles. The zero-order chi connectivity index (χ0) is 13.8. The average molecular weight is 255 g/mol. The molecule has 4 heteroatoms. The Labute approximate surface area is 104 Å². The van der Waals surface area contributed by atoms with Crippen LogP contribution in [-0.4, -0.2) is 5.78 Å². The van der Waals surface area contributed by atoms with Crippen molar-refractivity contribution in [2.24, 2.45) is 0 Å². The van der Waals surface area contributed by atoms with Crippen LogP contribution in [0.1, 0.15) is 31.4 Å². The van der Waals surface area contributed by atoms with Crippen LogP contribution in [0.5, 0.6) is 0 Å². The number of halogens is 3. The topological polar surface area (TPSA) is 17.1 Å². The molecule has 0 aromatic heterocycles. The fraction of sp³-hybridized carbons (Fsp3) is 0.286. The summed E-state index contributed by atoms with van der Waals surface area (Å²) in [5.41, 5.74) is -0.724. The van der Waals surface area contributed by atoms with Gasteiger partial charge in [-0.2, -0.15) is 13.2 Å². The monoisotopic (exact) mass is 255 g/mol. The van der Waals surface area contributed by atoms with Crippen molar-refractivity contribution in [2.45, 2.75) is 26.4 Å². The smallest absolute Gasteiger partial charge is 0.295 e. The van der Waals surface area contributed by atoms with Gasteiger partial charge in [-0.1, -0.05) is 38.1 Å². The van der Waals surface area contributed by atoms with E-state index in [0.717, 1.165) is 12.0 Å². The summed E-state index contributed by atoms with van der Waals surface area (Å²) >= 11 is 0. The first-order chi connectivity index (χ1) is 8.30. The van der Waals surface area contributed by atoms with Crippen LogP contribution in [0.3, 0.4) is 0 Å². The van der Waals surface area contributed by atoms with Crippen molar-refractivity contribution in [1.29, 1.82) is 0 Å². The quantitative estimate of drug-likeness (QED) is 0.733. The fourth-order valence-corrected chi connectivity index (χ4v) is 1.49. The van der Waals surface area contributed by atoms with Gasteiger partial charge in [-0.25, -0.2) is 0 Å². The van der Waals surface area contributed by atoms with Crippen LogP contribution >= 0.6 is 0 Å². The largest absolute Gasteiger partial charge is 0.416 e. The third kappa shape index (κ3) is 4.35. The summed E-state index contributed by atoms with van der Waals surface area (Å²) in [7, 11) is 0. The van der Waals surface area contributed by atoms with E-state index in [0.29, 0.717) is 0 Å². The molecule has 0 aliphatic rings. The van der Waals surface area contributed by atoms with Crippen LogP contribution in [0.2, 0.25) is 0 Å². The number of hydrogen-bond donors (Lipinski definition) is 0. The standard InChI is InChI=1S/C14H14F3O/c1-10(2)9-12(18)8-7-11-5-3-4-6-13(11)14(15,16)17/h3-8H,9H2,1-2H3/b8-7+. The zero-order valence-electron chi connectivity index (χ0n) is 10.2. The Hall–Kier alpha value is -1.58. The number of benzene rings is 1. The Bertz CT molecular complexity index is 445. The van der Waals surface area contributed by atoms with E-state index >= 15 is 0 Å². The third-order valence-electron chi connectivity index (χ3n) is 2.24. The molecule has 0 heterocycles. The molecular weight excluding hydrogens is 241 g/mol. The van der Waals surface area contributed by atoms with Gasteiger partial charge in [0.1, 0.15) is 0 Å². The molecule has 97 valence electrons. The molecule has 0 saturated heterocycles. The van der Waals surface area contributed by atoms with E-state index in [2.05, 4.69) is 0 Å². The maximum Gasteiger partial charge on any atom is 0.416 e. The van der Waals surface area contributed by atoms with E-state index in [1.165, 1.54) is 30.4 Å². The number of allylic oxidation sites excluding steroid dienone is 1. The Kier molecular flexibility index (Phi) is 4.70. The Balaban J connectivity index is 2.91. The normalized spacial score (nSPS) is 12.3. The summed E-state index contributed by atoms with van der Waals surface area (Å²) in [6.45, 7) is 3.60. The van der Waals surface area contributed by atoms with Crippen molar-refractivity contribution in [3.05, 3.63) is 47.4 Å².